The molecule has 2 aromatic carbocycles. The maximum Gasteiger partial charge on any atom is 0.222 e. The van der Waals surface area contributed by atoms with E-state index in [1.54, 1.807) is 43.5 Å². The van der Waals surface area contributed by atoms with E-state index in [-0.39, 0.29) is 18.2 Å². The molecule has 0 aliphatic rings. The first kappa shape index (κ1) is 18.9. The van der Waals surface area contributed by atoms with Gasteiger partial charge in [0.05, 0.1) is 13.7 Å². The van der Waals surface area contributed by atoms with Crippen LogP contribution in [0.15, 0.2) is 42.5 Å². The second kappa shape index (κ2) is 8.23. The van der Waals surface area contributed by atoms with Crippen LogP contribution >= 0.6 is 11.6 Å². The average Bonchev–Trinajstić information content (AvgIpc) is 2.70. The molecule has 0 unspecified atom stereocenters. The molecule has 7 heteroatoms. The average molecular weight is 385 g/mol. The van der Waals surface area contributed by atoms with Crippen LogP contribution in [0.1, 0.15) is 5.69 Å². The minimum absolute atomic E-state index is 0.147. The number of ether oxygens (including phenoxy) is 2. The van der Waals surface area contributed by atoms with Crippen LogP contribution in [0.4, 0.5) is 0 Å². The molecule has 1 heterocycles. The first-order valence-electron chi connectivity index (χ1n) is 8.17. The number of halogens is 1. The number of hydrogen-bond donors (Lipinski definition) is 2. The quantitative estimate of drug-likeness (QED) is 0.677. The highest BCUT2D eigenvalue weighted by Gasteiger charge is 2.18. The molecule has 1 atom stereocenters. The maximum atomic E-state index is 9.66. The smallest absolute Gasteiger partial charge is 0.222 e. The molecule has 0 aliphatic heterocycles. The van der Waals surface area contributed by atoms with Crippen molar-refractivity contribution in [3.63, 3.8) is 0 Å². The predicted molar refractivity (Wildman–Crippen MR) is 102 cm³/mol. The van der Waals surface area contributed by atoms with Gasteiger partial charge >= 0.3 is 0 Å². The van der Waals surface area contributed by atoms with Crippen LogP contribution in [0.3, 0.4) is 0 Å². The van der Waals surface area contributed by atoms with Gasteiger partial charge in [0.2, 0.25) is 5.88 Å². The molecule has 3 rings (SSSR count). The topological polar surface area (TPSA) is 95.6 Å². The fourth-order valence-corrected chi connectivity index (χ4v) is 2.93. The van der Waals surface area contributed by atoms with Gasteiger partial charge in [0.25, 0.3) is 0 Å². The SMILES string of the molecule is COc1ccc2c(OC[C@H](O)CO)nc(C#N)c(-c3cccc(Cl)c3)c2c1. The van der Waals surface area contributed by atoms with Gasteiger partial charge in [-0.2, -0.15) is 5.26 Å². The van der Waals surface area contributed by atoms with Gasteiger partial charge in [-0.05, 0) is 35.9 Å². The number of hydrogen-bond acceptors (Lipinski definition) is 6. The number of aliphatic hydroxyl groups is 2. The maximum absolute atomic E-state index is 9.66. The number of aliphatic hydroxyl groups excluding tert-OH is 2. The number of rotatable bonds is 6. The Labute approximate surface area is 161 Å². The lowest BCUT2D eigenvalue weighted by Crippen LogP contribution is -2.21. The molecule has 0 aliphatic carbocycles. The van der Waals surface area contributed by atoms with Crippen molar-refractivity contribution >= 4 is 22.4 Å². The van der Waals surface area contributed by atoms with Gasteiger partial charge in [-0.25, -0.2) is 4.98 Å². The zero-order valence-electron chi connectivity index (χ0n) is 14.5. The van der Waals surface area contributed by atoms with E-state index in [1.165, 1.54) is 0 Å². The highest BCUT2D eigenvalue weighted by Crippen LogP contribution is 2.38. The van der Waals surface area contributed by atoms with Crippen molar-refractivity contribution in [3.05, 3.63) is 53.2 Å². The van der Waals surface area contributed by atoms with Gasteiger partial charge in [-0.3, -0.25) is 0 Å². The molecule has 0 spiro atoms. The summed E-state index contributed by atoms with van der Waals surface area (Å²) in [5.41, 5.74) is 1.52. The Bertz CT molecular complexity index is 1020. The summed E-state index contributed by atoms with van der Waals surface area (Å²) in [6, 6.07) is 14.6. The minimum Gasteiger partial charge on any atom is -0.497 e. The predicted octanol–water partition coefficient (Wildman–Crippen LogP) is 3.17. The lowest BCUT2D eigenvalue weighted by molar-refractivity contribution is 0.0526. The van der Waals surface area contributed by atoms with E-state index in [9.17, 15) is 10.4 Å². The third-order valence-corrected chi connectivity index (χ3v) is 4.25. The van der Waals surface area contributed by atoms with Crippen LogP contribution in [0.2, 0.25) is 5.02 Å². The van der Waals surface area contributed by atoms with E-state index in [1.807, 2.05) is 6.07 Å². The summed E-state index contributed by atoms with van der Waals surface area (Å²) in [5, 5.41) is 30.1. The first-order chi connectivity index (χ1) is 13.1. The number of fused-ring (bicyclic) bond motifs is 1. The van der Waals surface area contributed by atoms with Gasteiger partial charge in [-0.15, -0.1) is 0 Å². The largest absolute Gasteiger partial charge is 0.497 e. The van der Waals surface area contributed by atoms with Gasteiger partial charge in [0.1, 0.15) is 24.5 Å². The van der Waals surface area contributed by atoms with Crippen molar-refractivity contribution in [2.45, 2.75) is 6.10 Å². The Morgan fingerprint density at radius 1 is 1.22 bits per heavy atom. The Balaban J connectivity index is 2.26. The molecule has 0 saturated carbocycles. The van der Waals surface area contributed by atoms with E-state index < -0.39 is 12.7 Å². The van der Waals surface area contributed by atoms with Crippen molar-refractivity contribution in [2.75, 3.05) is 20.3 Å². The van der Waals surface area contributed by atoms with Gasteiger partial charge in [0, 0.05) is 21.4 Å². The molecule has 0 saturated heterocycles. The van der Waals surface area contributed by atoms with E-state index >= 15 is 0 Å². The van der Waals surface area contributed by atoms with Crippen LogP contribution in [0.25, 0.3) is 21.9 Å². The van der Waals surface area contributed by atoms with Crippen molar-refractivity contribution in [1.82, 2.24) is 4.98 Å². The van der Waals surface area contributed by atoms with Crippen molar-refractivity contribution in [3.8, 4) is 28.8 Å². The fraction of sp³-hybridized carbons (Fsp3) is 0.200. The van der Waals surface area contributed by atoms with E-state index in [4.69, 9.17) is 26.2 Å². The molecule has 0 amide bonds. The lowest BCUT2D eigenvalue weighted by atomic mass is 9.97. The van der Waals surface area contributed by atoms with Gasteiger partial charge in [0.15, 0.2) is 5.69 Å². The minimum atomic E-state index is -1.04. The normalized spacial score (nSPS) is 11.8. The number of nitriles is 1. The summed E-state index contributed by atoms with van der Waals surface area (Å²) >= 11 is 6.13. The van der Waals surface area contributed by atoms with E-state index in [2.05, 4.69) is 11.1 Å². The van der Waals surface area contributed by atoms with Crippen LogP contribution in [-0.2, 0) is 0 Å². The van der Waals surface area contributed by atoms with Crippen molar-refractivity contribution in [1.29, 1.82) is 5.26 Å². The van der Waals surface area contributed by atoms with Crippen molar-refractivity contribution in [2.24, 2.45) is 0 Å². The lowest BCUT2D eigenvalue weighted by Gasteiger charge is -2.15. The van der Waals surface area contributed by atoms with Crippen molar-refractivity contribution < 1.29 is 19.7 Å². The van der Waals surface area contributed by atoms with E-state index in [0.717, 1.165) is 5.56 Å². The van der Waals surface area contributed by atoms with E-state index in [0.29, 0.717) is 27.1 Å². The molecular formula is C20H17ClN2O4. The van der Waals surface area contributed by atoms with Gasteiger partial charge < -0.3 is 19.7 Å². The molecule has 0 fully saturated rings. The Hall–Kier alpha value is -2.85. The molecule has 2 N–H and O–H groups in total. The summed E-state index contributed by atoms with van der Waals surface area (Å²) in [4.78, 5) is 4.33. The molecule has 0 bridgehead atoms. The van der Waals surface area contributed by atoms with Crippen LogP contribution < -0.4 is 9.47 Å². The van der Waals surface area contributed by atoms with Gasteiger partial charge in [-0.1, -0.05) is 23.7 Å². The number of methoxy groups -OCH3 is 1. The third-order valence-electron chi connectivity index (χ3n) is 4.02. The molecule has 6 nitrogen and oxygen atoms in total. The highest BCUT2D eigenvalue weighted by molar-refractivity contribution is 6.31. The second-order valence-corrected chi connectivity index (χ2v) is 6.26. The summed E-state index contributed by atoms with van der Waals surface area (Å²) < 4.78 is 10.9. The van der Waals surface area contributed by atoms with Crippen LogP contribution in [0, 0.1) is 11.3 Å². The Kier molecular flexibility index (Phi) is 5.77. The number of nitrogens with zero attached hydrogens (tertiary/aromatic N) is 2. The zero-order valence-corrected chi connectivity index (χ0v) is 15.3. The summed E-state index contributed by atoms with van der Waals surface area (Å²) in [7, 11) is 1.56. The molecule has 138 valence electrons. The number of benzene rings is 2. The third kappa shape index (κ3) is 3.96. The van der Waals surface area contributed by atoms with Crippen LogP contribution in [-0.4, -0.2) is 41.6 Å². The summed E-state index contributed by atoms with van der Waals surface area (Å²) in [6.07, 6.45) is -1.04. The summed E-state index contributed by atoms with van der Waals surface area (Å²) in [6.45, 7) is -0.580. The van der Waals surface area contributed by atoms with Crippen LogP contribution in [0.5, 0.6) is 11.6 Å². The number of aromatic nitrogens is 1. The fourth-order valence-electron chi connectivity index (χ4n) is 2.74. The molecule has 3 aromatic rings. The summed E-state index contributed by atoms with van der Waals surface area (Å²) in [5.74, 6) is 0.810. The highest BCUT2D eigenvalue weighted by atomic mass is 35.5. The first-order valence-corrected chi connectivity index (χ1v) is 8.54. The second-order valence-electron chi connectivity index (χ2n) is 5.82. The molecule has 0 radical (unpaired) electrons. The standard InChI is InChI=1S/C20H17ClN2O4/c1-26-15-5-6-16-17(8-15)19(12-3-2-4-13(21)7-12)18(9-22)23-20(16)27-11-14(25)10-24/h2-8,14,24-25H,10-11H2,1H3/t14-/m1/s1. The molecular weight excluding hydrogens is 368 g/mol. The molecule has 27 heavy (non-hydrogen) atoms. The Morgan fingerprint density at radius 3 is 2.70 bits per heavy atom. The zero-order chi connectivity index (χ0) is 19.4. The Morgan fingerprint density at radius 2 is 2.04 bits per heavy atom. The molecule has 1 aromatic heterocycles. The number of pyridine rings is 1. The monoisotopic (exact) mass is 384 g/mol.